The number of nitrogen functional groups attached to an aromatic ring is 1. The van der Waals surface area contributed by atoms with Crippen molar-refractivity contribution in [1.29, 1.82) is 0 Å². The van der Waals surface area contributed by atoms with E-state index in [4.69, 9.17) is 12.2 Å². The van der Waals surface area contributed by atoms with E-state index in [0.29, 0.717) is 5.69 Å². The summed E-state index contributed by atoms with van der Waals surface area (Å²) in [5, 5.41) is 2.91. The lowest BCUT2D eigenvalue weighted by Gasteiger charge is -2.26. The summed E-state index contributed by atoms with van der Waals surface area (Å²) < 4.78 is 0. The molecular weight excluding hydrogens is 236 g/mol. The Balaban J connectivity index is 2.85. The number of amides is 1. The van der Waals surface area contributed by atoms with Crippen molar-refractivity contribution in [2.45, 2.75) is 45.1 Å². The molecule has 0 aliphatic rings. The fraction of sp³-hybridized carbons (Fsp3) is 0.438. The molecule has 1 aromatic carbocycles. The summed E-state index contributed by atoms with van der Waals surface area (Å²) in [6, 6.07) is 7.15. The molecule has 1 atom stereocenters. The summed E-state index contributed by atoms with van der Waals surface area (Å²) in [7, 11) is 0. The third kappa shape index (κ3) is 3.75. The Hall–Kier alpha value is -1.95. The van der Waals surface area contributed by atoms with E-state index in [9.17, 15) is 4.79 Å². The highest BCUT2D eigenvalue weighted by Gasteiger charge is 2.30. The van der Waals surface area contributed by atoms with Gasteiger partial charge in [0.2, 0.25) is 5.91 Å². The average Bonchev–Trinajstić information content (AvgIpc) is 2.38. The fourth-order valence-corrected chi connectivity index (χ4v) is 1.86. The van der Waals surface area contributed by atoms with Crippen LogP contribution >= 0.6 is 0 Å². The molecule has 3 N–H and O–H groups in total. The van der Waals surface area contributed by atoms with E-state index in [1.54, 1.807) is 12.1 Å². The van der Waals surface area contributed by atoms with Crippen molar-refractivity contribution >= 4 is 11.6 Å². The lowest BCUT2D eigenvalue weighted by molar-refractivity contribution is -0.126. The van der Waals surface area contributed by atoms with Crippen molar-refractivity contribution in [1.82, 2.24) is 5.32 Å². The first kappa shape index (κ1) is 15.1. The molecule has 0 aromatic heterocycles. The maximum absolute atomic E-state index is 12.4. The Morgan fingerprint density at radius 1 is 1.42 bits per heavy atom. The van der Waals surface area contributed by atoms with E-state index in [2.05, 4.69) is 11.2 Å². The Labute approximate surface area is 115 Å². The van der Waals surface area contributed by atoms with Crippen molar-refractivity contribution in [2.75, 3.05) is 5.73 Å². The van der Waals surface area contributed by atoms with Crippen LogP contribution in [0.15, 0.2) is 24.3 Å². The summed E-state index contributed by atoms with van der Waals surface area (Å²) >= 11 is 0. The number of carbonyl (C=O) groups excluding carboxylic acids is 1. The van der Waals surface area contributed by atoms with Crippen LogP contribution in [-0.4, -0.2) is 11.9 Å². The van der Waals surface area contributed by atoms with Crippen LogP contribution in [0.4, 0.5) is 5.69 Å². The Morgan fingerprint density at radius 3 is 2.47 bits per heavy atom. The molecular formula is C16H22N2O. The van der Waals surface area contributed by atoms with Gasteiger partial charge in [0.25, 0.3) is 0 Å². The van der Waals surface area contributed by atoms with E-state index >= 15 is 0 Å². The molecule has 0 heterocycles. The van der Waals surface area contributed by atoms with Gasteiger partial charge in [0.15, 0.2) is 0 Å². The standard InChI is InChI=1S/C16H22N2O/c1-5-7-14(6-2)18-15(19)16(3,4)12-8-10-13(17)11-9-12/h2,8-11,14H,5,7,17H2,1,3-4H3,(H,18,19). The topological polar surface area (TPSA) is 55.1 Å². The number of carbonyl (C=O) groups is 1. The lowest BCUT2D eigenvalue weighted by Crippen LogP contribution is -2.44. The zero-order valence-electron chi connectivity index (χ0n) is 11.9. The average molecular weight is 258 g/mol. The van der Waals surface area contributed by atoms with Crippen LogP contribution in [-0.2, 0) is 10.2 Å². The van der Waals surface area contributed by atoms with Crippen molar-refractivity contribution in [3.8, 4) is 12.3 Å². The first-order chi connectivity index (χ1) is 8.91. The third-order valence-electron chi connectivity index (χ3n) is 3.28. The number of hydrogen-bond acceptors (Lipinski definition) is 2. The summed E-state index contributed by atoms with van der Waals surface area (Å²) in [6.45, 7) is 5.81. The van der Waals surface area contributed by atoms with Crippen molar-refractivity contribution in [3.05, 3.63) is 29.8 Å². The minimum atomic E-state index is -0.628. The van der Waals surface area contributed by atoms with Crippen LogP contribution in [0.5, 0.6) is 0 Å². The normalized spacial score (nSPS) is 12.5. The number of anilines is 1. The predicted molar refractivity (Wildman–Crippen MR) is 79.6 cm³/mol. The molecule has 0 fully saturated rings. The van der Waals surface area contributed by atoms with Crippen molar-refractivity contribution in [3.63, 3.8) is 0 Å². The van der Waals surface area contributed by atoms with Crippen LogP contribution < -0.4 is 11.1 Å². The molecule has 1 amide bonds. The van der Waals surface area contributed by atoms with Gasteiger partial charge in [-0.3, -0.25) is 4.79 Å². The summed E-state index contributed by atoms with van der Waals surface area (Å²) in [5.74, 6) is 2.55. The molecule has 102 valence electrons. The largest absolute Gasteiger partial charge is 0.399 e. The lowest BCUT2D eigenvalue weighted by atomic mass is 9.83. The van der Waals surface area contributed by atoms with Crippen LogP contribution in [0.25, 0.3) is 0 Å². The number of terminal acetylenes is 1. The number of benzene rings is 1. The molecule has 0 radical (unpaired) electrons. The molecule has 3 nitrogen and oxygen atoms in total. The zero-order valence-corrected chi connectivity index (χ0v) is 11.9. The molecule has 0 saturated heterocycles. The van der Waals surface area contributed by atoms with Gasteiger partial charge in [-0.15, -0.1) is 6.42 Å². The summed E-state index contributed by atoms with van der Waals surface area (Å²) in [4.78, 5) is 12.4. The minimum Gasteiger partial charge on any atom is -0.399 e. The van der Waals surface area contributed by atoms with Crippen LogP contribution in [0, 0.1) is 12.3 Å². The quantitative estimate of drug-likeness (QED) is 0.629. The van der Waals surface area contributed by atoms with Gasteiger partial charge in [-0.25, -0.2) is 0 Å². The van der Waals surface area contributed by atoms with Crippen molar-refractivity contribution < 1.29 is 4.79 Å². The van der Waals surface area contributed by atoms with Gasteiger partial charge in [0.05, 0.1) is 11.5 Å². The summed E-state index contributed by atoms with van der Waals surface area (Å²) in [6.07, 6.45) is 7.16. The Bertz CT molecular complexity index is 469. The van der Waals surface area contributed by atoms with Gasteiger partial charge in [0.1, 0.15) is 0 Å². The molecule has 0 aliphatic carbocycles. The minimum absolute atomic E-state index is 0.0614. The number of nitrogens with one attached hydrogen (secondary N) is 1. The number of rotatable bonds is 5. The SMILES string of the molecule is C#CC(CCC)NC(=O)C(C)(C)c1ccc(N)cc1. The molecule has 0 aliphatic heterocycles. The highest BCUT2D eigenvalue weighted by Crippen LogP contribution is 2.24. The molecule has 19 heavy (non-hydrogen) atoms. The van der Waals surface area contributed by atoms with Gasteiger partial charge in [-0.2, -0.15) is 0 Å². The Kier molecular flexibility index (Phi) is 5.00. The molecule has 1 rings (SSSR count). The zero-order chi connectivity index (χ0) is 14.5. The van der Waals surface area contributed by atoms with Gasteiger partial charge in [0, 0.05) is 5.69 Å². The van der Waals surface area contributed by atoms with Gasteiger partial charge < -0.3 is 11.1 Å². The van der Waals surface area contributed by atoms with Crippen LogP contribution in [0.2, 0.25) is 0 Å². The molecule has 3 heteroatoms. The second kappa shape index (κ2) is 6.29. The van der Waals surface area contributed by atoms with Gasteiger partial charge in [-0.1, -0.05) is 31.4 Å². The highest BCUT2D eigenvalue weighted by atomic mass is 16.2. The third-order valence-corrected chi connectivity index (χ3v) is 3.28. The molecule has 1 aromatic rings. The molecule has 0 saturated carbocycles. The second-order valence-electron chi connectivity index (χ2n) is 5.23. The fourth-order valence-electron chi connectivity index (χ4n) is 1.86. The first-order valence-electron chi connectivity index (χ1n) is 6.55. The monoisotopic (exact) mass is 258 g/mol. The molecule has 1 unspecified atom stereocenters. The van der Waals surface area contributed by atoms with E-state index < -0.39 is 5.41 Å². The highest BCUT2D eigenvalue weighted by molar-refractivity contribution is 5.87. The number of nitrogens with two attached hydrogens (primary N) is 1. The summed E-state index contributed by atoms with van der Waals surface area (Å²) in [5.41, 5.74) is 6.64. The van der Waals surface area contributed by atoms with Gasteiger partial charge >= 0.3 is 0 Å². The second-order valence-corrected chi connectivity index (χ2v) is 5.23. The molecule has 0 bridgehead atoms. The van der Waals surface area contributed by atoms with E-state index in [0.717, 1.165) is 18.4 Å². The Morgan fingerprint density at radius 2 is 2.00 bits per heavy atom. The molecule has 0 spiro atoms. The first-order valence-corrected chi connectivity index (χ1v) is 6.55. The maximum Gasteiger partial charge on any atom is 0.231 e. The van der Waals surface area contributed by atoms with E-state index in [-0.39, 0.29) is 11.9 Å². The number of hydrogen-bond donors (Lipinski definition) is 2. The van der Waals surface area contributed by atoms with Crippen LogP contribution in [0.1, 0.15) is 39.2 Å². The van der Waals surface area contributed by atoms with E-state index in [1.807, 2.05) is 32.9 Å². The van der Waals surface area contributed by atoms with Gasteiger partial charge in [-0.05, 0) is 38.0 Å². The maximum atomic E-state index is 12.4. The predicted octanol–water partition coefficient (Wildman–Crippen LogP) is 2.46. The van der Waals surface area contributed by atoms with E-state index in [1.165, 1.54) is 0 Å². The smallest absolute Gasteiger partial charge is 0.231 e. The van der Waals surface area contributed by atoms with Crippen molar-refractivity contribution in [2.24, 2.45) is 0 Å². The van der Waals surface area contributed by atoms with Crippen LogP contribution in [0.3, 0.4) is 0 Å².